The molecule has 0 bridgehead atoms. The molecule has 0 spiro atoms. The average molecular weight is 240 g/mol. The van der Waals surface area contributed by atoms with Crippen molar-refractivity contribution in [2.75, 3.05) is 0 Å². The summed E-state index contributed by atoms with van der Waals surface area (Å²) in [6, 6.07) is 0. The lowest BCUT2D eigenvalue weighted by atomic mass is 9.64. The van der Waals surface area contributed by atoms with Crippen molar-refractivity contribution in [3.63, 3.8) is 0 Å². The maximum absolute atomic E-state index is 5.98. The molecule has 1 nitrogen and oxygen atoms in total. The first-order valence-electron chi connectivity index (χ1n) is 7.36. The van der Waals surface area contributed by atoms with Gasteiger partial charge in [0.2, 0.25) is 0 Å². The van der Waals surface area contributed by atoms with E-state index in [1.807, 2.05) is 0 Å². The molecule has 0 radical (unpaired) electrons. The quantitative estimate of drug-likeness (QED) is 0.686. The van der Waals surface area contributed by atoms with Crippen LogP contribution in [0, 0.1) is 11.3 Å². The lowest BCUT2D eigenvalue weighted by Crippen LogP contribution is -2.41. The molecule has 0 aromatic rings. The molecule has 1 unspecified atom stereocenters. The Hall–Kier alpha value is 0.177. The van der Waals surface area contributed by atoms with Crippen LogP contribution >= 0.6 is 0 Å². The first-order chi connectivity index (χ1) is 7.83. The molecular weight excluding hydrogens is 212 g/mol. The Morgan fingerprint density at radius 2 is 1.75 bits per heavy atom. The Morgan fingerprint density at radius 1 is 1.12 bits per heavy atom. The van der Waals surface area contributed by atoms with Crippen LogP contribution in [0.2, 0.25) is 0 Å². The third kappa shape index (κ3) is 2.24. The van der Waals surface area contributed by atoms with Crippen LogP contribution < -0.4 is 0 Å². The summed E-state index contributed by atoms with van der Waals surface area (Å²) in [5, 5.41) is 0. The van der Waals surface area contributed by atoms with Crippen LogP contribution in [0.5, 0.6) is 0 Å². The van der Waals surface area contributed by atoms with Gasteiger partial charge in [0.25, 0.3) is 0 Å². The van der Waals surface area contributed by atoms with Crippen LogP contribution in [0.4, 0.5) is 0 Å². The summed E-state index contributed by atoms with van der Waals surface area (Å²) in [6.07, 6.45) is 15.1. The van der Waals surface area contributed by atoms with Crippen molar-refractivity contribution < 1.29 is 4.43 Å². The first kappa shape index (κ1) is 12.6. The second kappa shape index (κ2) is 5.68. The normalized spacial score (nSPS) is 28.3. The Labute approximate surface area is 104 Å². The maximum atomic E-state index is 5.98. The summed E-state index contributed by atoms with van der Waals surface area (Å²) in [5.41, 5.74) is 0.594. The monoisotopic (exact) mass is 240 g/mol. The van der Waals surface area contributed by atoms with E-state index in [-0.39, 0.29) is 0 Å². The van der Waals surface area contributed by atoms with Gasteiger partial charge in [-0.2, -0.15) is 0 Å². The fraction of sp³-hybridized carbons (Fsp3) is 1.00. The maximum Gasteiger partial charge on any atom is 0.146 e. The first-order valence-corrected chi connectivity index (χ1v) is 8.18. The van der Waals surface area contributed by atoms with Crippen LogP contribution in [-0.2, 0) is 4.43 Å². The molecule has 2 aliphatic rings. The van der Waals surface area contributed by atoms with Gasteiger partial charge < -0.3 is 4.43 Å². The van der Waals surface area contributed by atoms with E-state index in [0.717, 1.165) is 16.4 Å². The number of hydrogen-bond donors (Lipinski definition) is 0. The summed E-state index contributed by atoms with van der Waals surface area (Å²) < 4.78 is 5.98. The third-order valence-corrected chi connectivity index (χ3v) is 5.82. The molecule has 0 aliphatic heterocycles. The van der Waals surface area contributed by atoms with Gasteiger partial charge in [0, 0.05) is 6.10 Å². The van der Waals surface area contributed by atoms with Crippen molar-refractivity contribution in [3.05, 3.63) is 0 Å². The summed E-state index contributed by atoms with van der Waals surface area (Å²) in [4.78, 5) is 0. The van der Waals surface area contributed by atoms with E-state index in [4.69, 9.17) is 4.43 Å². The minimum absolute atomic E-state index is 0.588. The van der Waals surface area contributed by atoms with Crippen LogP contribution in [0.25, 0.3) is 0 Å². The summed E-state index contributed by atoms with van der Waals surface area (Å²) in [7, 11) is 0.920. The van der Waals surface area contributed by atoms with Crippen LogP contribution in [0.1, 0.15) is 71.1 Å². The summed E-state index contributed by atoms with van der Waals surface area (Å²) in [5.74, 6) is 0.989. The molecule has 2 rings (SSSR count). The highest BCUT2D eigenvalue weighted by Gasteiger charge is 2.46. The predicted octanol–water partition coefficient (Wildman–Crippen LogP) is 3.20. The number of hydrogen-bond acceptors (Lipinski definition) is 1. The van der Waals surface area contributed by atoms with E-state index < -0.39 is 0 Å². The second-order valence-electron chi connectivity index (χ2n) is 5.91. The van der Waals surface area contributed by atoms with Crippen molar-refractivity contribution in [2.24, 2.45) is 11.3 Å². The van der Waals surface area contributed by atoms with Crippen LogP contribution in [0.3, 0.4) is 0 Å². The highest BCUT2D eigenvalue weighted by atomic mass is 28.2. The van der Waals surface area contributed by atoms with Crippen LogP contribution in [-0.4, -0.2) is 16.6 Å². The van der Waals surface area contributed by atoms with Crippen molar-refractivity contribution in [1.82, 2.24) is 0 Å². The zero-order chi connectivity index (χ0) is 11.4. The number of rotatable bonds is 4. The summed E-state index contributed by atoms with van der Waals surface area (Å²) >= 11 is 0. The van der Waals surface area contributed by atoms with Gasteiger partial charge in [0.1, 0.15) is 10.5 Å². The Kier molecular flexibility index (Phi) is 4.48. The minimum Gasteiger partial charge on any atom is -0.424 e. The molecule has 94 valence electrons. The molecule has 2 saturated carbocycles. The molecule has 1 atom stereocenters. The molecule has 2 fully saturated rings. The standard InChI is InChI=1S/C14H28OSi/c1-2-13(15-16)14(10-6-7-11-14)12-8-4-3-5-9-12/h12-13H,2-11H2,1,16H3. The molecular formula is C14H28OSi. The predicted molar refractivity (Wildman–Crippen MR) is 72.6 cm³/mol. The van der Waals surface area contributed by atoms with Gasteiger partial charge in [0.15, 0.2) is 0 Å². The average Bonchev–Trinajstić information content (AvgIpc) is 2.82. The van der Waals surface area contributed by atoms with Gasteiger partial charge in [-0.3, -0.25) is 0 Å². The largest absolute Gasteiger partial charge is 0.424 e. The van der Waals surface area contributed by atoms with Gasteiger partial charge in [-0.25, -0.2) is 0 Å². The van der Waals surface area contributed by atoms with Crippen molar-refractivity contribution in [2.45, 2.75) is 77.2 Å². The summed E-state index contributed by atoms with van der Waals surface area (Å²) in [6.45, 7) is 2.32. The smallest absolute Gasteiger partial charge is 0.146 e. The van der Waals surface area contributed by atoms with Crippen molar-refractivity contribution in [1.29, 1.82) is 0 Å². The highest BCUT2D eigenvalue weighted by molar-refractivity contribution is 5.98. The molecule has 0 amide bonds. The molecule has 0 aromatic heterocycles. The lowest BCUT2D eigenvalue weighted by molar-refractivity contribution is -0.0113. The van der Waals surface area contributed by atoms with E-state index in [9.17, 15) is 0 Å². The lowest BCUT2D eigenvalue weighted by Gasteiger charge is -2.45. The van der Waals surface area contributed by atoms with E-state index in [2.05, 4.69) is 6.92 Å². The third-order valence-electron chi connectivity index (χ3n) is 5.25. The molecule has 2 aliphatic carbocycles. The van der Waals surface area contributed by atoms with Crippen molar-refractivity contribution in [3.8, 4) is 0 Å². The van der Waals surface area contributed by atoms with Gasteiger partial charge in [-0.15, -0.1) is 0 Å². The van der Waals surface area contributed by atoms with E-state index in [1.165, 1.54) is 64.2 Å². The van der Waals surface area contributed by atoms with Crippen LogP contribution in [0.15, 0.2) is 0 Å². The zero-order valence-electron chi connectivity index (χ0n) is 11.1. The minimum atomic E-state index is 0.588. The topological polar surface area (TPSA) is 9.23 Å². The molecule has 0 heterocycles. The second-order valence-corrected chi connectivity index (χ2v) is 6.38. The molecule has 0 N–H and O–H groups in total. The molecule has 0 saturated heterocycles. The molecule has 2 heteroatoms. The zero-order valence-corrected chi connectivity index (χ0v) is 13.1. The SMILES string of the molecule is CCC(O[SiH3])C1(C2CCCCC2)CCCC1. The highest BCUT2D eigenvalue weighted by Crippen LogP contribution is 2.53. The van der Waals surface area contributed by atoms with Gasteiger partial charge in [-0.05, 0) is 43.4 Å². The molecule has 0 aromatic carbocycles. The van der Waals surface area contributed by atoms with Gasteiger partial charge in [0.05, 0.1) is 0 Å². The Balaban J connectivity index is 2.12. The fourth-order valence-electron chi connectivity index (χ4n) is 4.51. The Bertz CT molecular complexity index is 201. The van der Waals surface area contributed by atoms with E-state index in [1.54, 1.807) is 0 Å². The Morgan fingerprint density at radius 3 is 2.25 bits per heavy atom. The van der Waals surface area contributed by atoms with E-state index in [0.29, 0.717) is 11.5 Å². The fourth-order valence-corrected chi connectivity index (χ4v) is 5.31. The van der Waals surface area contributed by atoms with Gasteiger partial charge in [-0.1, -0.05) is 39.0 Å². The van der Waals surface area contributed by atoms with Gasteiger partial charge >= 0.3 is 0 Å². The molecule has 16 heavy (non-hydrogen) atoms. The van der Waals surface area contributed by atoms with E-state index >= 15 is 0 Å². The van der Waals surface area contributed by atoms with Crippen molar-refractivity contribution >= 4 is 10.5 Å².